The van der Waals surface area contributed by atoms with Gasteiger partial charge in [0.1, 0.15) is 5.52 Å². The summed E-state index contributed by atoms with van der Waals surface area (Å²) in [4.78, 5) is 23.9. The lowest BCUT2D eigenvalue weighted by Crippen LogP contribution is -2.41. The Bertz CT molecular complexity index is 1310. The van der Waals surface area contributed by atoms with Crippen molar-refractivity contribution in [3.8, 4) is 0 Å². The molecule has 1 aliphatic rings. The molecule has 32 heavy (non-hydrogen) atoms. The first-order chi connectivity index (χ1) is 15.5. The Morgan fingerprint density at radius 2 is 2.06 bits per heavy atom. The van der Waals surface area contributed by atoms with Gasteiger partial charge < -0.3 is 19.9 Å². The minimum Gasteiger partial charge on any atom is -0.370 e. The zero-order valence-corrected chi connectivity index (χ0v) is 17.8. The zero-order chi connectivity index (χ0) is 22.2. The Balaban J connectivity index is 1.46. The van der Waals surface area contributed by atoms with Gasteiger partial charge in [0, 0.05) is 43.0 Å². The lowest BCUT2D eigenvalue weighted by Gasteiger charge is -2.33. The van der Waals surface area contributed by atoms with Crippen molar-refractivity contribution in [2.45, 2.75) is 25.8 Å². The Hall–Kier alpha value is -3.66. The molecule has 0 spiro atoms. The number of hydrogen-bond donors (Lipinski definition) is 2. The minimum atomic E-state index is -0.520. The van der Waals surface area contributed by atoms with E-state index in [0.717, 1.165) is 37.0 Å². The number of anilines is 2. The molecule has 0 bridgehead atoms. The summed E-state index contributed by atoms with van der Waals surface area (Å²) in [5, 5.41) is 15.0. The van der Waals surface area contributed by atoms with Gasteiger partial charge in [-0.25, -0.2) is 14.4 Å². The van der Waals surface area contributed by atoms with Crippen LogP contribution in [0.25, 0.3) is 16.6 Å². The normalized spacial score (nSPS) is 14.9. The molecule has 1 saturated heterocycles. The van der Waals surface area contributed by atoms with E-state index < -0.39 is 11.7 Å². The predicted molar refractivity (Wildman–Crippen MR) is 119 cm³/mol. The summed E-state index contributed by atoms with van der Waals surface area (Å²) >= 11 is 0. The van der Waals surface area contributed by atoms with Crippen LogP contribution in [0.3, 0.4) is 0 Å². The number of pyridine rings is 2. The van der Waals surface area contributed by atoms with Crippen molar-refractivity contribution in [2.75, 3.05) is 30.4 Å². The SMILES string of the molecule is CNC1CCN(c2cnc(C(=O)Nc3cc(F)c4nc(C)cn4c3)c3nnccc23)CC1. The minimum absolute atomic E-state index is 0.143. The van der Waals surface area contributed by atoms with Crippen molar-refractivity contribution < 1.29 is 9.18 Å². The Kier molecular flexibility index (Phi) is 5.14. The van der Waals surface area contributed by atoms with Crippen LogP contribution in [0.15, 0.2) is 36.9 Å². The maximum atomic E-state index is 14.4. The molecule has 0 radical (unpaired) electrons. The van der Waals surface area contributed by atoms with Crippen molar-refractivity contribution in [2.24, 2.45) is 0 Å². The van der Waals surface area contributed by atoms with Crippen LogP contribution in [0.2, 0.25) is 0 Å². The average Bonchev–Trinajstić information content (AvgIpc) is 3.19. The zero-order valence-electron chi connectivity index (χ0n) is 17.8. The number of fused-ring (bicyclic) bond motifs is 2. The molecule has 5 rings (SSSR count). The van der Waals surface area contributed by atoms with Crippen molar-refractivity contribution in [1.82, 2.24) is 29.9 Å². The third-order valence-corrected chi connectivity index (χ3v) is 5.88. The maximum absolute atomic E-state index is 14.4. The second kappa shape index (κ2) is 8.12. The molecule has 0 unspecified atom stereocenters. The lowest BCUT2D eigenvalue weighted by molar-refractivity contribution is 0.102. The first kappa shape index (κ1) is 20.3. The van der Waals surface area contributed by atoms with Crippen LogP contribution in [0.5, 0.6) is 0 Å². The number of carbonyl (C=O) groups excluding carboxylic acids is 1. The van der Waals surface area contributed by atoms with Crippen molar-refractivity contribution in [3.63, 3.8) is 0 Å². The number of carbonyl (C=O) groups is 1. The molecule has 164 valence electrons. The molecule has 0 saturated carbocycles. The number of nitrogens with zero attached hydrogens (tertiary/aromatic N) is 6. The second-order valence-electron chi connectivity index (χ2n) is 7.98. The topological polar surface area (TPSA) is 100 Å². The highest BCUT2D eigenvalue weighted by atomic mass is 19.1. The number of amides is 1. The molecule has 0 atom stereocenters. The molecular formula is C22H23FN8O. The standard InChI is InChI=1S/C22H23FN8O/c1-13-11-31-12-15(9-17(23)21(31)27-13)28-22(32)20-19-16(3-6-26-29-19)18(10-25-20)30-7-4-14(24-2)5-8-30/h3,6,9-12,14,24H,4-5,7-8H2,1-2H3,(H,28,32). The van der Waals surface area contributed by atoms with Crippen LogP contribution in [0.4, 0.5) is 15.8 Å². The van der Waals surface area contributed by atoms with Crippen LogP contribution in [0, 0.1) is 12.7 Å². The van der Waals surface area contributed by atoms with E-state index in [9.17, 15) is 9.18 Å². The summed E-state index contributed by atoms with van der Waals surface area (Å²) in [7, 11) is 1.98. The fourth-order valence-corrected chi connectivity index (χ4v) is 4.24. The Labute approximate surface area is 183 Å². The summed E-state index contributed by atoms with van der Waals surface area (Å²) < 4.78 is 15.9. The third-order valence-electron chi connectivity index (χ3n) is 5.88. The van der Waals surface area contributed by atoms with E-state index in [4.69, 9.17) is 0 Å². The number of halogens is 1. The first-order valence-electron chi connectivity index (χ1n) is 10.5. The molecule has 0 aromatic carbocycles. The first-order valence-corrected chi connectivity index (χ1v) is 10.5. The second-order valence-corrected chi connectivity index (χ2v) is 7.98. The van der Waals surface area contributed by atoms with Crippen LogP contribution in [0.1, 0.15) is 29.0 Å². The van der Waals surface area contributed by atoms with E-state index >= 15 is 0 Å². The molecule has 2 N–H and O–H groups in total. The monoisotopic (exact) mass is 434 g/mol. The predicted octanol–water partition coefficient (Wildman–Crippen LogP) is 2.56. The van der Waals surface area contributed by atoms with E-state index in [1.807, 2.05) is 13.1 Å². The average molecular weight is 434 g/mol. The number of rotatable bonds is 4. The molecule has 1 aliphatic heterocycles. The molecule has 4 aromatic rings. The van der Waals surface area contributed by atoms with E-state index in [-0.39, 0.29) is 11.3 Å². The molecule has 9 nitrogen and oxygen atoms in total. The van der Waals surface area contributed by atoms with Crippen LogP contribution < -0.4 is 15.5 Å². The number of imidazole rings is 1. The van der Waals surface area contributed by atoms with E-state index in [1.54, 1.807) is 36.1 Å². The summed E-state index contributed by atoms with van der Waals surface area (Å²) in [5.41, 5.74) is 2.69. The van der Waals surface area contributed by atoms with Crippen LogP contribution >= 0.6 is 0 Å². The number of piperidine rings is 1. The largest absolute Gasteiger partial charge is 0.370 e. The molecule has 0 aliphatic carbocycles. The molecular weight excluding hydrogens is 411 g/mol. The van der Waals surface area contributed by atoms with Gasteiger partial charge in [-0.2, -0.15) is 5.10 Å². The highest BCUT2D eigenvalue weighted by molar-refractivity contribution is 6.12. The van der Waals surface area contributed by atoms with Gasteiger partial charge in [0.05, 0.1) is 29.5 Å². The highest BCUT2D eigenvalue weighted by Gasteiger charge is 2.23. The smallest absolute Gasteiger partial charge is 0.276 e. The maximum Gasteiger partial charge on any atom is 0.276 e. The third kappa shape index (κ3) is 3.62. The van der Waals surface area contributed by atoms with Gasteiger partial charge >= 0.3 is 0 Å². The molecule has 10 heteroatoms. The number of nitrogens with one attached hydrogen (secondary N) is 2. The summed E-state index contributed by atoms with van der Waals surface area (Å²) in [6.45, 7) is 3.56. The van der Waals surface area contributed by atoms with Crippen LogP contribution in [-0.2, 0) is 0 Å². The van der Waals surface area contributed by atoms with Gasteiger partial charge in [-0.1, -0.05) is 0 Å². The van der Waals surface area contributed by atoms with Crippen LogP contribution in [-0.4, -0.2) is 56.7 Å². The summed E-state index contributed by atoms with van der Waals surface area (Å²) in [5.74, 6) is -1.000. The summed E-state index contributed by atoms with van der Waals surface area (Å²) in [6.07, 6.45) is 8.69. The van der Waals surface area contributed by atoms with Gasteiger partial charge in [-0.15, -0.1) is 5.10 Å². The fourth-order valence-electron chi connectivity index (χ4n) is 4.24. The van der Waals surface area contributed by atoms with E-state index in [1.165, 1.54) is 6.07 Å². The van der Waals surface area contributed by atoms with Gasteiger partial charge in [0.2, 0.25) is 0 Å². The van der Waals surface area contributed by atoms with Gasteiger partial charge in [0.15, 0.2) is 17.2 Å². The molecule has 5 heterocycles. The Morgan fingerprint density at radius 1 is 1.25 bits per heavy atom. The number of aromatic nitrogens is 5. The fraction of sp³-hybridized carbons (Fsp3) is 0.318. The molecule has 4 aromatic heterocycles. The lowest BCUT2D eigenvalue weighted by atomic mass is 10.0. The number of hydrogen-bond acceptors (Lipinski definition) is 7. The van der Waals surface area contributed by atoms with E-state index in [0.29, 0.717) is 22.9 Å². The number of aryl methyl sites for hydroxylation is 1. The van der Waals surface area contributed by atoms with Gasteiger partial charge in [0.25, 0.3) is 5.91 Å². The van der Waals surface area contributed by atoms with Gasteiger partial charge in [-0.3, -0.25) is 4.79 Å². The molecule has 1 fully saturated rings. The quantitative estimate of drug-likeness (QED) is 0.509. The van der Waals surface area contributed by atoms with Crippen molar-refractivity contribution >= 4 is 33.8 Å². The van der Waals surface area contributed by atoms with Crippen molar-refractivity contribution in [1.29, 1.82) is 0 Å². The van der Waals surface area contributed by atoms with Crippen molar-refractivity contribution in [3.05, 3.63) is 54.1 Å². The Morgan fingerprint density at radius 3 is 2.84 bits per heavy atom. The highest BCUT2D eigenvalue weighted by Crippen LogP contribution is 2.29. The molecule has 1 amide bonds. The van der Waals surface area contributed by atoms with E-state index in [2.05, 4.69) is 35.7 Å². The van der Waals surface area contributed by atoms with Gasteiger partial charge in [-0.05, 0) is 32.9 Å². The summed E-state index contributed by atoms with van der Waals surface area (Å²) in [6, 6.07) is 3.60.